The lowest BCUT2D eigenvalue weighted by molar-refractivity contribution is 0.209. The Morgan fingerprint density at radius 2 is 2.28 bits per heavy atom. The van der Waals surface area contributed by atoms with Crippen molar-refractivity contribution in [1.29, 1.82) is 0 Å². The second-order valence-electron chi connectivity index (χ2n) is 5.21. The van der Waals surface area contributed by atoms with Gasteiger partial charge in [0, 0.05) is 31.1 Å². The van der Waals surface area contributed by atoms with Gasteiger partial charge in [-0.15, -0.1) is 0 Å². The van der Waals surface area contributed by atoms with E-state index in [9.17, 15) is 0 Å². The zero-order valence-corrected chi connectivity index (χ0v) is 11.6. The van der Waals surface area contributed by atoms with Crippen molar-refractivity contribution in [2.75, 3.05) is 31.1 Å². The maximum atomic E-state index is 6.05. The lowest BCUT2D eigenvalue weighted by Gasteiger charge is -2.30. The average Bonchev–Trinajstić information content (AvgIpc) is 3.17. The van der Waals surface area contributed by atoms with Gasteiger partial charge < -0.3 is 10.3 Å². The van der Waals surface area contributed by atoms with Gasteiger partial charge in [0.25, 0.3) is 0 Å². The van der Waals surface area contributed by atoms with E-state index in [-0.39, 0.29) is 0 Å². The predicted octanol–water partition coefficient (Wildman–Crippen LogP) is 1.66. The van der Waals surface area contributed by atoms with E-state index in [0.29, 0.717) is 18.6 Å². The summed E-state index contributed by atoms with van der Waals surface area (Å²) in [6.45, 7) is 3.02. The quantitative estimate of drug-likeness (QED) is 0.900. The van der Waals surface area contributed by atoms with Gasteiger partial charge in [-0.2, -0.15) is 11.8 Å². The second kappa shape index (κ2) is 5.63. The summed E-state index contributed by atoms with van der Waals surface area (Å²) >= 11 is 2.06. The van der Waals surface area contributed by atoms with Crippen LogP contribution in [0.25, 0.3) is 0 Å². The minimum absolute atomic E-state index is 0.354. The van der Waals surface area contributed by atoms with E-state index in [1.165, 1.54) is 43.0 Å². The van der Waals surface area contributed by atoms with Crippen LogP contribution in [-0.4, -0.2) is 45.6 Å². The third-order valence-electron chi connectivity index (χ3n) is 3.90. The van der Waals surface area contributed by atoms with Gasteiger partial charge in [0.2, 0.25) is 0 Å². The van der Waals surface area contributed by atoms with Crippen molar-refractivity contribution in [3.63, 3.8) is 0 Å². The molecule has 0 spiro atoms. The number of rotatable bonds is 4. The standard InChI is InChI=1S/C13H22N4S/c14-8-12(16-4-1-6-18-7-5-16)13-9-15-10-17(13)11-2-3-11/h9-12H,1-8,14H2. The minimum atomic E-state index is 0.354. The fourth-order valence-corrected chi connectivity index (χ4v) is 3.67. The highest BCUT2D eigenvalue weighted by Gasteiger charge is 2.30. The largest absolute Gasteiger partial charge is 0.330 e. The summed E-state index contributed by atoms with van der Waals surface area (Å²) in [4.78, 5) is 6.90. The van der Waals surface area contributed by atoms with Crippen LogP contribution in [0.15, 0.2) is 12.5 Å². The van der Waals surface area contributed by atoms with Gasteiger partial charge in [-0.1, -0.05) is 0 Å². The van der Waals surface area contributed by atoms with Crippen molar-refractivity contribution in [2.24, 2.45) is 5.73 Å². The molecule has 2 aliphatic rings. The van der Waals surface area contributed by atoms with Crippen LogP contribution >= 0.6 is 11.8 Å². The SMILES string of the molecule is NCC(c1cncn1C1CC1)N1CCCSCC1. The number of aromatic nitrogens is 2. The summed E-state index contributed by atoms with van der Waals surface area (Å²) in [5, 5.41) is 0. The maximum Gasteiger partial charge on any atom is 0.0951 e. The molecular formula is C13H22N4S. The Balaban J connectivity index is 1.79. The molecule has 1 aliphatic heterocycles. The molecule has 2 heterocycles. The lowest BCUT2D eigenvalue weighted by atomic mass is 10.1. The highest BCUT2D eigenvalue weighted by atomic mass is 32.2. The van der Waals surface area contributed by atoms with E-state index in [1.54, 1.807) is 0 Å². The topological polar surface area (TPSA) is 47.1 Å². The second-order valence-corrected chi connectivity index (χ2v) is 6.44. The van der Waals surface area contributed by atoms with Crippen molar-refractivity contribution in [2.45, 2.75) is 31.3 Å². The molecule has 4 nitrogen and oxygen atoms in total. The van der Waals surface area contributed by atoms with E-state index in [0.717, 1.165) is 6.54 Å². The maximum absolute atomic E-state index is 6.05. The fourth-order valence-electron chi connectivity index (χ4n) is 2.76. The summed E-state index contributed by atoms with van der Waals surface area (Å²) in [6, 6.07) is 1.05. The first kappa shape index (κ1) is 12.5. The minimum Gasteiger partial charge on any atom is -0.330 e. The Morgan fingerprint density at radius 1 is 1.39 bits per heavy atom. The Labute approximate surface area is 113 Å². The smallest absolute Gasteiger partial charge is 0.0951 e. The number of hydrogen-bond acceptors (Lipinski definition) is 4. The fraction of sp³-hybridized carbons (Fsp3) is 0.769. The van der Waals surface area contributed by atoms with Crippen molar-refractivity contribution < 1.29 is 0 Å². The molecule has 18 heavy (non-hydrogen) atoms. The number of imidazole rings is 1. The van der Waals surface area contributed by atoms with Gasteiger partial charge in [-0.25, -0.2) is 4.98 Å². The first-order valence-corrected chi connectivity index (χ1v) is 8.09. The predicted molar refractivity (Wildman–Crippen MR) is 75.8 cm³/mol. The Hall–Kier alpha value is -0.520. The zero-order chi connectivity index (χ0) is 12.4. The molecule has 1 aromatic heterocycles. The molecule has 0 amide bonds. The first-order chi connectivity index (χ1) is 8.90. The molecule has 0 aromatic carbocycles. The average molecular weight is 266 g/mol. The summed E-state index contributed by atoms with van der Waals surface area (Å²) in [5.41, 5.74) is 7.37. The van der Waals surface area contributed by atoms with Crippen molar-refractivity contribution in [3.05, 3.63) is 18.2 Å². The molecule has 100 valence electrons. The van der Waals surface area contributed by atoms with Crippen LogP contribution in [0.4, 0.5) is 0 Å². The van der Waals surface area contributed by atoms with Gasteiger partial charge in [-0.3, -0.25) is 4.90 Å². The molecule has 1 aromatic rings. The van der Waals surface area contributed by atoms with Gasteiger partial charge in [-0.05, 0) is 31.6 Å². The number of hydrogen-bond donors (Lipinski definition) is 1. The Bertz CT molecular complexity index is 380. The van der Waals surface area contributed by atoms with Crippen LogP contribution in [0.5, 0.6) is 0 Å². The number of nitrogens with zero attached hydrogens (tertiary/aromatic N) is 3. The van der Waals surface area contributed by atoms with Gasteiger partial charge >= 0.3 is 0 Å². The van der Waals surface area contributed by atoms with E-state index in [4.69, 9.17) is 5.73 Å². The molecule has 1 aliphatic carbocycles. The van der Waals surface area contributed by atoms with Crippen molar-refractivity contribution >= 4 is 11.8 Å². The van der Waals surface area contributed by atoms with E-state index < -0.39 is 0 Å². The molecule has 1 unspecified atom stereocenters. The monoisotopic (exact) mass is 266 g/mol. The highest BCUT2D eigenvalue weighted by molar-refractivity contribution is 7.99. The summed E-state index contributed by atoms with van der Waals surface area (Å²) < 4.78 is 2.36. The Kier molecular flexibility index (Phi) is 3.91. The lowest BCUT2D eigenvalue weighted by Crippen LogP contribution is -2.36. The third-order valence-corrected chi connectivity index (χ3v) is 4.95. The number of nitrogens with two attached hydrogens (primary N) is 1. The Morgan fingerprint density at radius 3 is 3.06 bits per heavy atom. The molecule has 0 bridgehead atoms. The van der Waals surface area contributed by atoms with Crippen molar-refractivity contribution in [3.8, 4) is 0 Å². The van der Waals surface area contributed by atoms with Gasteiger partial charge in [0.05, 0.1) is 18.1 Å². The molecule has 1 saturated heterocycles. The highest BCUT2D eigenvalue weighted by Crippen LogP contribution is 2.37. The summed E-state index contributed by atoms with van der Waals surface area (Å²) in [5.74, 6) is 2.52. The van der Waals surface area contributed by atoms with Crippen LogP contribution < -0.4 is 5.73 Å². The summed E-state index contributed by atoms with van der Waals surface area (Å²) in [7, 11) is 0. The van der Waals surface area contributed by atoms with Crippen LogP contribution in [0.1, 0.15) is 37.0 Å². The molecule has 5 heteroatoms. The third kappa shape index (κ3) is 2.58. The molecule has 3 rings (SSSR count). The summed E-state index contributed by atoms with van der Waals surface area (Å²) in [6.07, 6.45) is 7.89. The van der Waals surface area contributed by atoms with Crippen LogP contribution in [-0.2, 0) is 0 Å². The molecule has 1 saturated carbocycles. The van der Waals surface area contributed by atoms with Crippen LogP contribution in [0.2, 0.25) is 0 Å². The van der Waals surface area contributed by atoms with Crippen molar-refractivity contribution in [1.82, 2.24) is 14.5 Å². The number of thioether (sulfide) groups is 1. The normalized spacial score (nSPS) is 23.8. The van der Waals surface area contributed by atoms with E-state index in [2.05, 4.69) is 26.2 Å². The zero-order valence-electron chi connectivity index (χ0n) is 10.8. The van der Waals surface area contributed by atoms with E-state index in [1.807, 2.05) is 12.5 Å². The molecule has 0 radical (unpaired) electrons. The molecule has 1 atom stereocenters. The molecular weight excluding hydrogens is 244 g/mol. The van der Waals surface area contributed by atoms with Crippen LogP contribution in [0, 0.1) is 0 Å². The van der Waals surface area contributed by atoms with Gasteiger partial charge in [0.1, 0.15) is 0 Å². The van der Waals surface area contributed by atoms with E-state index >= 15 is 0 Å². The van der Waals surface area contributed by atoms with Crippen LogP contribution in [0.3, 0.4) is 0 Å². The molecule has 2 fully saturated rings. The first-order valence-electron chi connectivity index (χ1n) is 6.93. The van der Waals surface area contributed by atoms with Gasteiger partial charge in [0.15, 0.2) is 0 Å². The molecule has 2 N–H and O–H groups in total.